The van der Waals surface area contributed by atoms with Gasteiger partial charge in [0.15, 0.2) is 0 Å². The highest BCUT2D eigenvalue weighted by molar-refractivity contribution is 7.20. The second-order valence-corrected chi connectivity index (χ2v) is 8.81. The van der Waals surface area contributed by atoms with Gasteiger partial charge in [0.05, 0.1) is 16.3 Å². The lowest BCUT2D eigenvalue weighted by Gasteiger charge is -2.01. The van der Waals surface area contributed by atoms with E-state index in [2.05, 4.69) is 21.9 Å². The van der Waals surface area contributed by atoms with Gasteiger partial charge in [-0.1, -0.05) is 24.3 Å². The van der Waals surface area contributed by atoms with Crippen molar-refractivity contribution in [3.05, 3.63) is 83.4 Å². The zero-order valence-electron chi connectivity index (χ0n) is 18.5. The predicted octanol–water partition coefficient (Wildman–Crippen LogP) is 5.38. The lowest BCUT2D eigenvalue weighted by Crippen LogP contribution is -1.97. The Morgan fingerprint density at radius 1 is 1.00 bits per heavy atom. The number of aromatic nitrogens is 3. The van der Waals surface area contributed by atoms with Gasteiger partial charge < -0.3 is 10.2 Å². The fraction of sp³-hybridized carbons (Fsp3) is 0.0800. The first-order valence-electron chi connectivity index (χ1n) is 10.6. The maximum absolute atomic E-state index is 12.7. The Hall–Kier alpha value is -4.57. The van der Waals surface area contributed by atoms with Crippen LogP contribution in [0, 0.1) is 6.92 Å². The van der Waals surface area contributed by atoms with Gasteiger partial charge in [0, 0.05) is 28.3 Å². The molecule has 9 nitrogen and oxygen atoms in total. The standard InChI is InChI=1S/C25H19N5O4S/c1-3-11-29-23(33)17-10-9-15(12-19(17)24(29)34)21(31)26-27-22(32)20-13-18-14(2)28-30(25(18)35-20)16-7-5-4-6-8-16/h3-10,12-13,33-34H,1,11H2,2H3. The number of carbonyl (C=O) groups excluding carboxylic acids is 2. The topological polar surface area (TPSA) is 122 Å². The predicted molar refractivity (Wildman–Crippen MR) is 133 cm³/mol. The molecule has 0 unspecified atom stereocenters. The molecule has 2 amide bonds. The second-order valence-electron chi connectivity index (χ2n) is 7.78. The van der Waals surface area contributed by atoms with Crippen LogP contribution >= 0.6 is 11.3 Å². The van der Waals surface area contributed by atoms with Gasteiger partial charge in [-0.2, -0.15) is 5.10 Å². The summed E-state index contributed by atoms with van der Waals surface area (Å²) in [5, 5.41) is 33.9. The quantitative estimate of drug-likeness (QED) is 0.256. The number of fused-ring (bicyclic) bond motifs is 2. The fourth-order valence-corrected chi connectivity index (χ4v) is 4.91. The van der Waals surface area contributed by atoms with E-state index in [-0.39, 0.29) is 29.3 Å². The van der Waals surface area contributed by atoms with Crippen molar-refractivity contribution in [1.82, 2.24) is 14.3 Å². The van der Waals surface area contributed by atoms with E-state index in [4.69, 9.17) is 0 Å². The summed E-state index contributed by atoms with van der Waals surface area (Å²) < 4.78 is 3.03. The Balaban J connectivity index is 1.41. The highest BCUT2D eigenvalue weighted by atomic mass is 32.1. The monoisotopic (exact) mass is 485 g/mol. The average Bonchev–Trinajstić information content (AvgIpc) is 3.51. The normalized spacial score (nSPS) is 11.6. The number of carbonyl (C=O) groups is 2. The summed E-state index contributed by atoms with van der Waals surface area (Å²) in [7, 11) is 0. The molecule has 0 aliphatic rings. The van der Waals surface area contributed by atoms with Gasteiger partial charge in [0.2, 0.25) is 11.8 Å². The Morgan fingerprint density at radius 3 is 2.46 bits per heavy atom. The molecule has 5 rings (SSSR count). The second kappa shape index (κ2) is 8.65. The number of aromatic hydroxyl groups is 2. The number of rotatable bonds is 5. The molecular formula is C25H19N5O4S. The zero-order valence-corrected chi connectivity index (χ0v) is 19.4. The van der Waals surface area contributed by atoms with Crippen molar-refractivity contribution in [2.45, 2.75) is 13.5 Å². The molecule has 5 aromatic rings. The highest BCUT2D eigenvalue weighted by Gasteiger charge is 2.19. The lowest BCUT2D eigenvalue weighted by atomic mass is 10.1. The minimum atomic E-state index is -0.747. The molecule has 2 N–H and O–H groups in total. The minimum Gasteiger partial charge on any atom is -0.494 e. The van der Waals surface area contributed by atoms with Gasteiger partial charge in [-0.15, -0.1) is 28.1 Å². The van der Waals surface area contributed by atoms with Crippen LogP contribution in [0.4, 0.5) is 0 Å². The number of hydrogen-bond donors (Lipinski definition) is 2. The fourth-order valence-electron chi connectivity index (χ4n) is 3.85. The van der Waals surface area contributed by atoms with Crippen molar-refractivity contribution in [2.75, 3.05) is 0 Å². The summed E-state index contributed by atoms with van der Waals surface area (Å²) >= 11 is 1.22. The summed E-state index contributed by atoms with van der Waals surface area (Å²) in [6.07, 6.45) is 1.52. The molecule has 0 bridgehead atoms. The van der Waals surface area contributed by atoms with E-state index in [9.17, 15) is 19.8 Å². The molecule has 0 spiro atoms. The molecular weight excluding hydrogens is 466 g/mol. The first-order valence-corrected chi connectivity index (χ1v) is 11.4. The number of hydrogen-bond acceptors (Lipinski definition) is 6. The van der Waals surface area contributed by atoms with Crippen molar-refractivity contribution in [3.8, 4) is 17.4 Å². The van der Waals surface area contributed by atoms with Crippen LogP contribution in [0.15, 0.2) is 77.5 Å². The molecule has 0 radical (unpaired) electrons. The van der Waals surface area contributed by atoms with Crippen LogP contribution < -0.4 is 0 Å². The van der Waals surface area contributed by atoms with Gasteiger partial charge in [0.25, 0.3) is 5.91 Å². The third kappa shape index (κ3) is 3.79. The number of nitrogens with zero attached hydrogens (tertiary/aromatic N) is 5. The largest absolute Gasteiger partial charge is 0.494 e. The number of amides is 2. The summed E-state index contributed by atoms with van der Waals surface area (Å²) in [6, 6.07) is 15.6. The first kappa shape index (κ1) is 22.2. The van der Waals surface area contributed by atoms with E-state index in [0.29, 0.717) is 10.3 Å². The third-order valence-corrected chi connectivity index (χ3v) is 6.66. The summed E-state index contributed by atoms with van der Waals surface area (Å²) in [5.74, 6) is -1.73. The van der Waals surface area contributed by atoms with E-state index >= 15 is 0 Å². The molecule has 35 heavy (non-hydrogen) atoms. The maximum Gasteiger partial charge on any atom is 0.305 e. The number of azo groups is 1. The Labute approximate surface area is 202 Å². The van der Waals surface area contributed by atoms with Gasteiger partial charge in [-0.25, -0.2) is 4.68 Å². The lowest BCUT2D eigenvalue weighted by molar-refractivity contribution is 0.0949. The SMILES string of the molecule is C=CCn1c(O)c2ccc(C(=O)N=NC(=O)c3cc4c(C)nn(-c5ccccc5)c4s3)cc2c1O. The minimum absolute atomic E-state index is 0.118. The van der Waals surface area contributed by atoms with Gasteiger partial charge in [-0.3, -0.25) is 14.2 Å². The Morgan fingerprint density at radius 2 is 1.71 bits per heavy atom. The third-order valence-electron chi connectivity index (χ3n) is 5.56. The van der Waals surface area contributed by atoms with E-state index in [1.54, 1.807) is 10.7 Å². The molecule has 0 saturated heterocycles. The van der Waals surface area contributed by atoms with Crippen molar-refractivity contribution in [3.63, 3.8) is 0 Å². The maximum atomic E-state index is 12.7. The van der Waals surface area contributed by atoms with Crippen molar-refractivity contribution < 1.29 is 19.8 Å². The van der Waals surface area contributed by atoms with Crippen molar-refractivity contribution >= 4 is 44.1 Å². The molecule has 0 aliphatic heterocycles. The Bertz CT molecular complexity index is 1660. The Kier molecular flexibility index (Phi) is 5.50. The molecule has 174 valence electrons. The highest BCUT2D eigenvalue weighted by Crippen LogP contribution is 2.37. The summed E-state index contributed by atoms with van der Waals surface area (Å²) in [4.78, 5) is 26.4. The number of benzene rings is 2. The molecule has 0 fully saturated rings. The molecule has 0 aliphatic carbocycles. The van der Waals surface area contributed by atoms with Crippen molar-refractivity contribution in [1.29, 1.82) is 0 Å². The molecule has 0 saturated carbocycles. The first-order chi connectivity index (χ1) is 16.9. The number of allylic oxidation sites excluding steroid dienone is 1. The number of thiophene rings is 1. The van der Waals surface area contributed by atoms with Crippen LogP contribution in [0.5, 0.6) is 11.8 Å². The van der Waals surface area contributed by atoms with Crippen molar-refractivity contribution in [2.24, 2.45) is 10.2 Å². The van der Waals surface area contributed by atoms with E-state index in [1.165, 1.54) is 40.2 Å². The molecule has 0 atom stereocenters. The van der Waals surface area contributed by atoms with Crippen LogP contribution in [0.3, 0.4) is 0 Å². The van der Waals surface area contributed by atoms with E-state index in [1.807, 2.05) is 37.3 Å². The zero-order chi connectivity index (χ0) is 24.7. The number of aryl methyl sites for hydroxylation is 1. The van der Waals surface area contributed by atoms with Gasteiger partial charge in [-0.05, 0) is 43.3 Å². The summed E-state index contributed by atoms with van der Waals surface area (Å²) in [6.45, 7) is 5.65. The van der Waals surface area contributed by atoms with Crippen LogP contribution in [0.2, 0.25) is 0 Å². The van der Waals surface area contributed by atoms with Crippen LogP contribution in [0.25, 0.3) is 26.7 Å². The molecule has 2 aromatic carbocycles. The van der Waals surface area contributed by atoms with E-state index < -0.39 is 11.8 Å². The smallest absolute Gasteiger partial charge is 0.305 e. The van der Waals surface area contributed by atoms with Gasteiger partial charge >= 0.3 is 5.91 Å². The van der Waals surface area contributed by atoms with Crippen LogP contribution in [0.1, 0.15) is 25.7 Å². The van der Waals surface area contributed by atoms with Crippen LogP contribution in [-0.4, -0.2) is 36.4 Å². The summed E-state index contributed by atoms with van der Waals surface area (Å²) in [5.41, 5.74) is 1.76. The van der Waals surface area contributed by atoms with E-state index in [0.717, 1.165) is 21.6 Å². The van der Waals surface area contributed by atoms with Gasteiger partial charge in [0.1, 0.15) is 4.83 Å². The number of para-hydroxylation sites is 1. The van der Waals surface area contributed by atoms with Crippen LogP contribution in [-0.2, 0) is 6.54 Å². The average molecular weight is 486 g/mol. The molecule has 3 heterocycles. The molecule has 10 heteroatoms. The molecule has 3 aromatic heterocycles.